The SMILES string of the molecule is CCOCC(C)(N)Cc1c(Cl)cccc1Cl. The lowest BCUT2D eigenvalue weighted by Gasteiger charge is -2.25. The Morgan fingerprint density at radius 2 is 1.88 bits per heavy atom. The molecule has 0 aliphatic rings. The van der Waals surface area contributed by atoms with Gasteiger partial charge in [0.05, 0.1) is 6.61 Å². The van der Waals surface area contributed by atoms with Crippen molar-refractivity contribution in [1.29, 1.82) is 0 Å². The van der Waals surface area contributed by atoms with Crippen LogP contribution in [0.15, 0.2) is 18.2 Å². The van der Waals surface area contributed by atoms with Crippen LogP contribution in [-0.4, -0.2) is 18.8 Å². The minimum Gasteiger partial charge on any atom is -0.380 e. The molecule has 0 bridgehead atoms. The van der Waals surface area contributed by atoms with E-state index >= 15 is 0 Å². The molecule has 0 aliphatic carbocycles. The van der Waals surface area contributed by atoms with E-state index in [1.54, 1.807) is 0 Å². The fraction of sp³-hybridized carbons (Fsp3) is 0.500. The molecular formula is C12H17Cl2NO. The van der Waals surface area contributed by atoms with Gasteiger partial charge in [0, 0.05) is 22.2 Å². The van der Waals surface area contributed by atoms with Crippen LogP contribution in [0.3, 0.4) is 0 Å². The Kier molecular flexibility index (Phi) is 5.06. The van der Waals surface area contributed by atoms with E-state index in [2.05, 4.69) is 0 Å². The van der Waals surface area contributed by atoms with Gasteiger partial charge in [-0.05, 0) is 38.0 Å². The van der Waals surface area contributed by atoms with Crippen molar-refractivity contribution in [2.24, 2.45) is 5.73 Å². The van der Waals surface area contributed by atoms with Gasteiger partial charge in [-0.15, -0.1) is 0 Å². The third-order valence-electron chi connectivity index (χ3n) is 2.28. The van der Waals surface area contributed by atoms with Crippen LogP contribution in [0.4, 0.5) is 0 Å². The molecule has 1 unspecified atom stereocenters. The minimum atomic E-state index is -0.454. The number of benzene rings is 1. The zero-order valence-electron chi connectivity index (χ0n) is 9.59. The molecule has 0 fully saturated rings. The van der Waals surface area contributed by atoms with Crippen molar-refractivity contribution < 1.29 is 4.74 Å². The lowest BCUT2D eigenvalue weighted by Crippen LogP contribution is -2.43. The van der Waals surface area contributed by atoms with Crippen molar-refractivity contribution in [2.75, 3.05) is 13.2 Å². The van der Waals surface area contributed by atoms with E-state index in [0.29, 0.717) is 29.7 Å². The first-order valence-electron chi connectivity index (χ1n) is 5.26. The summed E-state index contributed by atoms with van der Waals surface area (Å²) in [4.78, 5) is 0. The standard InChI is InChI=1S/C12H17Cl2NO/c1-3-16-8-12(2,15)7-9-10(13)5-4-6-11(9)14/h4-6H,3,7-8,15H2,1-2H3. The van der Waals surface area contributed by atoms with Crippen molar-refractivity contribution in [3.8, 4) is 0 Å². The van der Waals surface area contributed by atoms with E-state index < -0.39 is 5.54 Å². The van der Waals surface area contributed by atoms with E-state index in [0.717, 1.165) is 5.56 Å². The van der Waals surface area contributed by atoms with E-state index in [-0.39, 0.29) is 0 Å². The fourth-order valence-corrected chi connectivity index (χ4v) is 2.02. The number of halogens is 2. The summed E-state index contributed by atoms with van der Waals surface area (Å²) in [5, 5.41) is 1.31. The maximum Gasteiger partial charge on any atom is 0.0646 e. The molecule has 0 saturated carbocycles. The second-order valence-corrected chi connectivity index (χ2v) is 4.98. The van der Waals surface area contributed by atoms with Crippen LogP contribution in [0.5, 0.6) is 0 Å². The zero-order chi connectivity index (χ0) is 12.2. The Morgan fingerprint density at radius 1 is 1.31 bits per heavy atom. The highest BCUT2D eigenvalue weighted by atomic mass is 35.5. The molecule has 1 rings (SSSR count). The summed E-state index contributed by atoms with van der Waals surface area (Å²) >= 11 is 12.2. The average molecular weight is 262 g/mol. The van der Waals surface area contributed by atoms with Gasteiger partial charge < -0.3 is 10.5 Å². The molecule has 0 radical (unpaired) electrons. The maximum atomic E-state index is 6.13. The molecule has 0 amide bonds. The molecule has 0 saturated heterocycles. The largest absolute Gasteiger partial charge is 0.380 e. The average Bonchev–Trinajstić information content (AvgIpc) is 2.21. The summed E-state index contributed by atoms with van der Waals surface area (Å²) in [5.74, 6) is 0. The third kappa shape index (κ3) is 3.95. The fourth-order valence-electron chi connectivity index (χ4n) is 1.49. The summed E-state index contributed by atoms with van der Waals surface area (Å²) in [6.45, 7) is 5.02. The van der Waals surface area contributed by atoms with Crippen LogP contribution in [0.1, 0.15) is 19.4 Å². The normalized spacial score (nSPS) is 14.8. The number of rotatable bonds is 5. The van der Waals surface area contributed by atoms with Crippen LogP contribution in [-0.2, 0) is 11.2 Å². The lowest BCUT2D eigenvalue weighted by molar-refractivity contribution is 0.101. The molecular weight excluding hydrogens is 245 g/mol. The maximum absolute atomic E-state index is 6.13. The second kappa shape index (κ2) is 5.87. The predicted octanol–water partition coefficient (Wildman–Crippen LogP) is 3.29. The van der Waals surface area contributed by atoms with Gasteiger partial charge in [-0.2, -0.15) is 0 Å². The Bertz CT molecular complexity index is 333. The Balaban J connectivity index is 2.79. The van der Waals surface area contributed by atoms with Gasteiger partial charge in [-0.25, -0.2) is 0 Å². The van der Waals surface area contributed by atoms with E-state index in [1.165, 1.54) is 0 Å². The molecule has 90 valence electrons. The van der Waals surface area contributed by atoms with Crippen LogP contribution in [0, 0.1) is 0 Å². The van der Waals surface area contributed by atoms with Gasteiger partial charge in [-0.3, -0.25) is 0 Å². The highest BCUT2D eigenvalue weighted by molar-refractivity contribution is 6.36. The first-order chi connectivity index (χ1) is 7.46. The molecule has 16 heavy (non-hydrogen) atoms. The number of ether oxygens (including phenoxy) is 1. The topological polar surface area (TPSA) is 35.2 Å². The Hall–Kier alpha value is -0.280. The van der Waals surface area contributed by atoms with Gasteiger partial charge in [-0.1, -0.05) is 29.3 Å². The van der Waals surface area contributed by atoms with Crippen LogP contribution < -0.4 is 5.73 Å². The molecule has 4 heteroatoms. The molecule has 1 aromatic carbocycles. The zero-order valence-corrected chi connectivity index (χ0v) is 11.1. The van der Waals surface area contributed by atoms with E-state index in [9.17, 15) is 0 Å². The summed E-state index contributed by atoms with van der Waals surface area (Å²) in [7, 11) is 0. The minimum absolute atomic E-state index is 0.454. The molecule has 1 aromatic rings. The Morgan fingerprint density at radius 3 is 2.38 bits per heavy atom. The lowest BCUT2D eigenvalue weighted by atomic mass is 9.95. The van der Waals surface area contributed by atoms with Gasteiger partial charge in [0.25, 0.3) is 0 Å². The predicted molar refractivity (Wildman–Crippen MR) is 69.3 cm³/mol. The van der Waals surface area contributed by atoms with E-state index in [1.807, 2.05) is 32.0 Å². The summed E-state index contributed by atoms with van der Waals surface area (Å²) in [6.07, 6.45) is 0.603. The second-order valence-electron chi connectivity index (χ2n) is 4.17. The monoisotopic (exact) mass is 261 g/mol. The highest BCUT2D eigenvalue weighted by Gasteiger charge is 2.22. The molecule has 0 heterocycles. The number of hydrogen-bond acceptors (Lipinski definition) is 2. The van der Waals surface area contributed by atoms with Gasteiger partial charge in [0.2, 0.25) is 0 Å². The van der Waals surface area contributed by atoms with Gasteiger partial charge >= 0.3 is 0 Å². The first kappa shape index (κ1) is 13.8. The number of nitrogens with two attached hydrogens (primary N) is 1. The van der Waals surface area contributed by atoms with Crippen molar-refractivity contribution in [1.82, 2.24) is 0 Å². The highest BCUT2D eigenvalue weighted by Crippen LogP contribution is 2.27. The first-order valence-corrected chi connectivity index (χ1v) is 6.01. The van der Waals surface area contributed by atoms with Crippen molar-refractivity contribution in [3.63, 3.8) is 0 Å². The van der Waals surface area contributed by atoms with Crippen LogP contribution >= 0.6 is 23.2 Å². The van der Waals surface area contributed by atoms with Crippen molar-refractivity contribution >= 4 is 23.2 Å². The molecule has 2 N–H and O–H groups in total. The smallest absolute Gasteiger partial charge is 0.0646 e. The molecule has 2 nitrogen and oxygen atoms in total. The third-order valence-corrected chi connectivity index (χ3v) is 2.99. The Labute approximate surface area is 107 Å². The summed E-state index contributed by atoms with van der Waals surface area (Å²) < 4.78 is 5.34. The van der Waals surface area contributed by atoms with Gasteiger partial charge in [0.1, 0.15) is 0 Å². The molecule has 1 atom stereocenters. The van der Waals surface area contributed by atoms with Crippen LogP contribution in [0.25, 0.3) is 0 Å². The van der Waals surface area contributed by atoms with Crippen molar-refractivity contribution in [3.05, 3.63) is 33.8 Å². The summed E-state index contributed by atoms with van der Waals surface area (Å²) in [6, 6.07) is 5.46. The van der Waals surface area contributed by atoms with E-state index in [4.69, 9.17) is 33.7 Å². The van der Waals surface area contributed by atoms with Gasteiger partial charge in [0.15, 0.2) is 0 Å². The van der Waals surface area contributed by atoms with Crippen LogP contribution in [0.2, 0.25) is 10.0 Å². The molecule has 0 aromatic heterocycles. The molecule has 0 aliphatic heterocycles. The molecule has 0 spiro atoms. The number of hydrogen-bond donors (Lipinski definition) is 1. The summed E-state index contributed by atoms with van der Waals surface area (Å²) in [5.41, 5.74) is 6.56. The quantitative estimate of drug-likeness (QED) is 0.883. The van der Waals surface area contributed by atoms with Crippen molar-refractivity contribution in [2.45, 2.75) is 25.8 Å².